The molecule has 0 fully saturated rings. The summed E-state index contributed by atoms with van der Waals surface area (Å²) in [6.07, 6.45) is -3.16. The number of nitrogens with one attached hydrogen (secondary N) is 1. The molecule has 0 aliphatic heterocycles. The van der Waals surface area contributed by atoms with Crippen molar-refractivity contribution in [2.45, 2.75) is 59.3 Å². The van der Waals surface area contributed by atoms with Crippen molar-refractivity contribution in [1.82, 2.24) is 10.2 Å². The van der Waals surface area contributed by atoms with Crippen molar-refractivity contribution in [3.8, 4) is 0 Å². The number of halogens is 3. The number of hydrogen-bond donors (Lipinski definition) is 1. The maximum Gasteiger partial charge on any atom is 0.401 e. The van der Waals surface area contributed by atoms with Crippen LogP contribution in [0, 0.1) is 5.92 Å². The maximum absolute atomic E-state index is 12.5. The molecule has 2 nitrogen and oxygen atoms in total. The fraction of sp³-hybridized carbons (Fsp3) is 1.00. The Bertz CT molecular complexity index is 217. The van der Waals surface area contributed by atoms with Crippen molar-refractivity contribution < 1.29 is 13.2 Å². The third-order valence-corrected chi connectivity index (χ3v) is 3.34. The van der Waals surface area contributed by atoms with Crippen LogP contribution < -0.4 is 5.32 Å². The molecule has 18 heavy (non-hydrogen) atoms. The topological polar surface area (TPSA) is 15.3 Å². The Balaban J connectivity index is 4.60. The lowest BCUT2D eigenvalue weighted by Gasteiger charge is -2.34. The Morgan fingerprint density at radius 2 is 1.67 bits per heavy atom. The first-order chi connectivity index (χ1) is 8.21. The Morgan fingerprint density at radius 1 is 1.11 bits per heavy atom. The quantitative estimate of drug-likeness (QED) is 0.726. The largest absolute Gasteiger partial charge is 0.401 e. The van der Waals surface area contributed by atoms with Crippen molar-refractivity contribution in [2.24, 2.45) is 5.92 Å². The van der Waals surface area contributed by atoms with Gasteiger partial charge in [0.05, 0.1) is 6.54 Å². The Hall–Kier alpha value is -0.290. The summed E-state index contributed by atoms with van der Waals surface area (Å²) in [6, 6.07) is 0.0154. The molecule has 2 unspecified atom stereocenters. The van der Waals surface area contributed by atoms with E-state index in [0.29, 0.717) is 12.5 Å². The molecule has 0 heterocycles. The second kappa shape index (κ2) is 8.00. The lowest BCUT2D eigenvalue weighted by atomic mass is 9.98. The van der Waals surface area contributed by atoms with Crippen LogP contribution in [-0.2, 0) is 0 Å². The minimum absolute atomic E-state index is 0.100. The van der Waals surface area contributed by atoms with E-state index in [4.69, 9.17) is 0 Å². The van der Waals surface area contributed by atoms with Crippen molar-refractivity contribution in [2.75, 3.05) is 19.6 Å². The molecule has 0 bridgehead atoms. The summed E-state index contributed by atoms with van der Waals surface area (Å²) < 4.78 is 37.6. The number of alkyl halides is 3. The van der Waals surface area contributed by atoms with Crippen LogP contribution in [0.2, 0.25) is 0 Å². The van der Waals surface area contributed by atoms with E-state index in [2.05, 4.69) is 19.2 Å². The van der Waals surface area contributed by atoms with Crippen LogP contribution in [0.3, 0.4) is 0 Å². The number of likely N-dealkylation sites (N-methyl/N-ethyl adjacent to an activating group) is 1. The molecular formula is C13H27F3N2. The molecule has 0 aliphatic rings. The van der Waals surface area contributed by atoms with E-state index >= 15 is 0 Å². The average Bonchev–Trinajstić information content (AvgIpc) is 2.24. The van der Waals surface area contributed by atoms with E-state index in [9.17, 15) is 13.2 Å². The molecule has 0 amide bonds. The van der Waals surface area contributed by atoms with Gasteiger partial charge >= 0.3 is 6.18 Å². The van der Waals surface area contributed by atoms with Gasteiger partial charge in [-0.3, -0.25) is 4.90 Å². The number of hydrogen-bond acceptors (Lipinski definition) is 2. The zero-order valence-electron chi connectivity index (χ0n) is 12.1. The van der Waals surface area contributed by atoms with Gasteiger partial charge in [0.25, 0.3) is 0 Å². The van der Waals surface area contributed by atoms with Gasteiger partial charge in [-0.15, -0.1) is 0 Å². The number of nitrogens with zero attached hydrogens (tertiary/aromatic N) is 1. The van der Waals surface area contributed by atoms with Crippen molar-refractivity contribution in [3.63, 3.8) is 0 Å². The van der Waals surface area contributed by atoms with Crippen LogP contribution in [0.15, 0.2) is 0 Å². The van der Waals surface area contributed by atoms with Crippen LogP contribution in [0.5, 0.6) is 0 Å². The Labute approximate surface area is 109 Å². The van der Waals surface area contributed by atoms with Gasteiger partial charge in [0.2, 0.25) is 0 Å². The summed E-state index contributed by atoms with van der Waals surface area (Å²) >= 11 is 0. The van der Waals surface area contributed by atoms with Crippen molar-refractivity contribution >= 4 is 0 Å². The molecule has 0 rings (SSSR count). The second-order valence-electron chi connectivity index (χ2n) is 5.19. The second-order valence-corrected chi connectivity index (χ2v) is 5.19. The molecule has 0 aliphatic carbocycles. The molecule has 1 N–H and O–H groups in total. The van der Waals surface area contributed by atoms with Crippen LogP contribution in [0.1, 0.15) is 41.0 Å². The molecule has 0 radical (unpaired) electrons. The van der Waals surface area contributed by atoms with E-state index < -0.39 is 12.7 Å². The molecule has 0 saturated heterocycles. The number of rotatable bonds is 8. The SMILES string of the molecule is CCNC(CN(CC(F)(F)F)C(C)C)C(C)CC. The summed E-state index contributed by atoms with van der Waals surface area (Å²) in [7, 11) is 0. The molecule has 0 aromatic heterocycles. The van der Waals surface area contributed by atoms with E-state index in [1.807, 2.05) is 20.8 Å². The van der Waals surface area contributed by atoms with Crippen molar-refractivity contribution in [1.29, 1.82) is 0 Å². The summed E-state index contributed by atoms with van der Waals surface area (Å²) in [5.74, 6) is 0.374. The normalized spacial score (nSPS) is 16.3. The molecule has 0 aromatic carbocycles. The third kappa shape index (κ3) is 7.21. The van der Waals surface area contributed by atoms with Gasteiger partial charge < -0.3 is 5.32 Å². The van der Waals surface area contributed by atoms with Gasteiger partial charge in [-0.05, 0) is 26.3 Å². The van der Waals surface area contributed by atoms with Gasteiger partial charge in [0.1, 0.15) is 0 Å². The average molecular weight is 268 g/mol. The Kier molecular flexibility index (Phi) is 7.87. The highest BCUT2D eigenvalue weighted by Crippen LogP contribution is 2.19. The van der Waals surface area contributed by atoms with E-state index in [-0.39, 0.29) is 12.1 Å². The highest BCUT2D eigenvalue weighted by molar-refractivity contribution is 4.79. The molecule has 0 spiro atoms. The summed E-state index contributed by atoms with van der Waals surface area (Å²) in [5, 5.41) is 3.30. The van der Waals surface area contributed by atoms with Gasteiger partial charge in [-0.1, -0.05) is 27.2 Å². The highest BCUT2D eigenvalue weighted by Gasteiger charge is 2.33. The summed E-state index contributed by atoms with van der Waals surface area (Å²) in [5.41, 5.74) is 0. The highest BCUT2D eigenvalue weighted by atomic mass is 19.4. The first-order valence-corrected chi connectivity index (χ1v) is 6.75. The van der Waals surface area contributed by atoms with E-state index in [1.165, 1.54) is 4.90 Å². The predicted molar refractivity (Wildman–Crippen MR) is 69.7 cm³/mol. The fourth-order valence-electron chi connectivity index (χ4n) is 1.93. The van der Waals surface area contributed by atoms with Crippen LogP contribution >= 0.6 is 0 Å². The standard InChI is InChI=1S/C13H27F3N2/c1-6-11(5)12(17-7-2)8-18(10(3)4)9-13(14,15)16/h10-12,17H,6-9H2,1-5H3. The molecular weight excluding hydrogens is 241 g/mol. The fourth-order valence-corrected chi connectivity index (χ4v) is 1.93. The van der Waals surface area contributed by atoms with Gasteiger partial charge in [0.15, 0.2) is 0 Å². The first kappa shape index (κ1) is 17.7. The molecule has 2 atom stereocenters. The van der Waals surface area contributed by atoms with Crippen LogP contribution in [0.25, 0.3) is 0 Å². The third-order valence-electron chi connectivity index (χ3n) is 3.34. The van der Waals surface area contributed by atoms with Gasteiger partial charge in [-0.2, -0.15) is 13.2 Å². The van der Waals surface area contributed by atoms with E-state index in [0.717, 1.165) is 13.0 Å². The zero-order valence-corrected chi connectivity index (χ0v) is 12.1. The van der Waals surface area contributed by atoms with Gasteiger partial charge in [-0.25, -0.2) is 0 Å². The van der Waals surface area contributed by atoms with Crippen LogP contribution in [-0.4, -0.2) is 42.8 Å². The zero-order chi connectivity index (χ0) is 14.3. The first-order valence-electron chi connectivity index (χ1n) is 6.75. The smallest absolute Gasteiger partial charge is 0.313 e. The molecule has 0 saturated carbocycles. The summed E-state index contributed by atoms with van der Waals surface area (Å²) in [4.78, 5) is 1.50. The molecule has 0 aromatic rings. The van der Waals surface area contributed by atoms with Crippen LogP contribution in [0.4, 0.5) is 13.2 Å². The maximum atomic E-state index is 12.5. The molecule has 5 heteroatoms. The molecule has 110 valence electrons. The summed E-state index contributed by atoms with van der Waals surface area (Å²) in [6.45, 7) is 10.2. The Morgan fingerprint density at radius 3 is 2.00 bits per heavy atom. The lowest BCUT2D eigenvalue weighted by molar-refractivity contribution is -0.150. The monoisotopic (exact) mass is 268 g/mol. The van der Waals surface area contributed by atoms with Crippen molar-refractivity contribution in [3.05, 3.63) is 0 Å². The predicted octanol–water partition coefficient (Wildman–Crippen LogP) is 3.28. The van der Waals surface area contributed by atoms with E-state index in [1.54, 1.807) is 0 Å². The van der Waals surface area contributed by atoms with Gasteiger partial charge in [0, 0.05) is 18.6 Å². The minimum atomic E-state index is -4.13. The lowest BCUT2D eigenvalue weighted by Crippen LogP contribution is -2.49. The minimum Gasteiger partial charge on any atom is -0.313 e.